The zero-order valence-corrected chi connectivity index (χ0v) is 25.0. The van der Waals surface area contributed by atoms with Gasteiger partial charge in [0.25, 0.3) is 0 Å². The maximum absolute atomic E-state index is 6.57. The third-order valence-corrected chi connectivity index (χ3v) is 8.86. The van der Waals surface area contributed by atoms with Gasteiger partial charge in [-0.1, -0.05) is 121 Å². The first-order chi connectivity index (χ1) is 22.8. The standard InChI is InChI=1S/C43H28N2O/c1-4-12-29(13-5-1)30-20-24-34(25-21-30)45(33-16-8-3-9-17-33)35-26-22-31-23-27-37-36-18-10-11-19-38(36)42-41(40(37)39(31)28-35)44-43(46-42)32-14-6-2-7-15-32/h1-28H. The average Bonchev–Trinajstić information content (AvgIpc) is 3.59. The molecular weight excluding hydrogens is 560 g/mol. The number of hydrogen-bond donors (Lipinski definition) is 0. The SMILES string of the molecule is c1ccc(-c2ccc(N(c3ccccc3)c3ccc4ccc5c6ccccc6c6oc(-c7ccccc7)nc6c5c4c3)cc2)cc1. The molecule has 0 N–H and O–H groups in total. The summed E-state index contributed by atoms with van der Waals surface area (Å²) in [5.41, 5.74) is 8.32. The largest absolute Gasteiger partial charge is 0.435 e. The number of fused-ring (bicyclic) bond motifs is 8. The van der Waals surface area contributed by atoms with Crippen LogP contribution in [-0.2, 0) is 0 Å². The minimum Gasteiger partial charge on any atom is -0.435 e. The summed E-state index contributed by atoms with van der Waals surface area (Å²) in [6.07, 6.45) is 0. The number of para-hydroxylation sites is 1. The van der Waals surface area contributed by atoms with Gasteiger partial charge in [-0.05, 0) is 81.2 Å². The Kier molecular flexibility index (Phi) is 6.14. The van der Waals surface area contributed by atoms with Crippen molar-refractivity contribution >= 4 is 60.5 Å². The summed E-state index contributed by atoms with van der Waals surface area (Å²) in [7, 11) is 0. The van der Waals surface area contributed by atoms with Gasteiger partial charge in [0.05, 0.1) is 0 Å². The van der Waals surface area contributed by atoms with E-state index in [1.807, 2.05) is 30.3 Å². The number of aromatic nitrogens is 1. The molecule has 1 heterocycles. The van der Waals surface area contributed by atoms with Gasteiger partial charge in [0.2, 0.25) is 5.89 Å². The Labute approximate surface area is 266 Å². The molecule has 0 spiro atoms. The van der Waals surface area contributed by atoms with Crippen LogP contribution in [0.25, 0.3) is 66.0 Å². The van der Waals surface area contributed by atoms with Crippen molar-refractivity contribution in [3.05, 3.63) is 170 Å². The van der Waals surface area contributed by atoms with Gasteiger partial charge >= 0.3 is 0 Å². The monoisotopic (exact) mass is 588 g/mol. The summed E-state index contributed by atoms with van der Waals surface area (Å²) >= 11 is 0. The maximum Gasteiger partial charge on any atom is 0.227 e. The molecule has 0 unspecified atom stereocenters. The van der Waals surface area contributed by atoms with E-state index in [1.165, 1.54) is 16.5 Å². The Balaban J connectivity index is 1.29. The van der Waals surface area contributed by atoms with Gasteiger partial charge in [0.1, 0.15) is 5.52 Å². The predicted octanol–water partition coefficient (Wildman–Crippen LogP) is 12.1. The number of benzene rings is 8. The molecule has 46 heavy (non-hydrogen) atoms. The Bertz CT molecular complexity index is 2500. The normalized spacial score (nSPS) is 11.5. The molecule has 9 rings (SSSR count). The van der Waals surface area contributed by atoms with Crippen molar-refractivity contribution in [2.24, 2.45) is 0 Å². The lowest BCUT2D eigenvalue weighted by Crippen LogP contribution is -2.09. The second-order valence-corrected chi connectivity index (χ2v) is 11.6. The van der Waals surface area contributed by atoms with E-state index in [2.05, 4.69) is 144 Å². The number of nitrogens with zero attached hydrogens (tertiary/aromatic N) is 2. The van der Waals surface area contributed by atoms with Crippen molar-refractivity contribution in [3.8, 4) is 22.6 Å². The molecule has 3 heteroatoms. The second kappa shape index (κ2) is 10.8. The Morgan fingerprint density at radius 2 is 0.978 bits per heavy atom. The molecule has 1 aromatic heterocycles. The first kappa shape index (κ1) is 26.2. The van der Waals surface area contributed by atoms with Crippen molar-refractivity contribution in [1.82, 2.24) is 4.98 Å². The molecule has 9 aromatic rings. The lowest BCUT2D eigenvalue weighted by Gasteiger charge is -2.26. The quantitative estimate of drug-likeness (QED) is 0.187. The summed E-state index contributed by atoms with van der Waals surface area (Å²) in [5, 5.41) is 6.79. The van der Waals surface area contributed by atoms with E-state index in [4.69, 9.17) is 9.40 Å². The Morgan fingerprint density at radius 3 is 1.72 bits per heavy atom. The van der Waals surface area contributed by atoms with E-state index in [9.17, 15) is 0 Å². The van der Waals surface area contributed by atoms with Crippen LogP contribution in [0.5, 0.6) is 0 Å². The highest BCUT2D eigenvalue weighted by Gasteiger charge is 2.19. The lowest BCUT2D eigenvalue weighted by molar-refractivity contribution is 0.623. The van der Waals surface area contributed by atoms with Gasteiger partial charge in [-0.3, -0.25) is 0 Å². The van der Waals surface area contributed by atoms with Crippen LogP contribution < -0.4 is 4.90 Å². The number of anilines is 3. The zero-order valence-electron chi connectivity index (χ0n) is 25.0. The third kappa shape index (κ3) is 4.33. The van der Waals surface area contributed by atoms with E-state index in [1.54, 1.807) is 0 Å². The van der Waals surface area contributed by atoms with Crippen LogP contribution in [0.1, 0.15) is 0 Å². The maximum atomic E-state index is 6.57. The zero-order chi connectivity index (χ0) is 30.5. The van der Waals surface area contributed by atoms with Crippen LogP contribution in [0, 0.1) is 0 Å². The van der Waals surface area contributed by atoms with Crippen molar-refractivity contribution in [2.45, 2.75) is 0 Å². The molecular formula is C43H28N2O. The molecule has 0 saturated carbocycles. The van der Waals surface area contributed by atoms with Gasteiger partial charge in [-0.2, -0.15) is 0 Å². The topological polar surface area (TPSA) is 29.3 Å². The van der Waals surface area contributed by atoms with Crippen molar-refractivity contribution < 1.29 is 4.42 Å². The highest BCUT2D eigenvalue weighted by Crippen LogP contribution is 2.43. The molecule has 0 aliphatic carbocycles. The van der Waals surface area contributed by atoms with E-state index in [-0.39, 0.29) is 0 Å². The molecule has 0 aliphatic heterocycles. The highest BCUT2D eigenvalue weighted by atomic mass is 16.3. The molecule has 0 fully saturated rings. The van der Waals surface area contributed by atoms with Crippen molar-refractivity contribution in [1.29, 1.82) is 0 Å². The fourth-order valence-electron chi connectivity index (χ4n) is 6.68. The number of hydrogen-bond acceptors (Lipinski definition) is 3. The highest BCUT2D eigenvalue weighted by molar-refractivity contribution is 6.29. The molecule has 0 bridgehead atoms. The van der Waals surface area contributed by atoms with Gasteiger partial charge in [0.15, 0.2) is 5.58 Å². The summed E-state index contributed by atoms with van der Waals surface area (Å²) < 4.78 is 6.57. The van der Waals surface area contributed by atoms with Gasteiger partial charge in [-0.15, -0.1) is 0 Å². The van der Waals surface area contributed by atoms with Gasteiger partial charge < -0.3 is 9.32 Å². The second-order valence-electron chi connectivity index (χ2n) is 11.6. The Hall–Kier alpha value is -6.19. The van der Waals surface area contributed by atoms with E-state index < -0.39 is 0 Å². The fourth-order valence-corrected chi connectivity index (χ4v) is 6.68. The van der Waals surface area contributed by atoms with E-state index in [0.29, 0.717) is 5.89 Å². The molecule has 0 aliphatic rings. The summed E-state index contributed by atoms with van der Waals surface area (Å²) in [6.45, 7) is 0. The number of oxazole rings is 1. The fraction of sp³-hybridized carbons (Fsp3) is 0. The lowest BCUT2D eigenvalue weighted by atomic mass is 9.95. The molecule has 0 radical (unpaired) electrons. The van der Waals surface area contributed by atoms with Gasteiger partial charge in [-0.25, -0.2) is 4.98 Å². The minimum atomic E-state index is 0.630. The van der Waals surface area contributed by atoms with Crippen molar-refractivity contribution in [2.75, 3.05) is 4.90 Å². The Morgan fingerprint density at radius 1 is 0.413 bits per heavy atom. The molecule has 3 nitrogen and oxygen atoms in total. The van der Waals surface area contributed by atoms with Crippen LogP contribution >= 0.6 is 0 Å². The predicted molar refractivity (Wildman–Crippen MR) is 192 cm³/mol. The minimum absolute atomic E-state index is 0.630. The molecule has 0 saturated heterocycles. The van der Waals surface area contributed by atoms with Crippen LogP contribution in [0.2, 0.25) is 0 Å². The van der Waals surface area contributed by atoms with Crippen LogP contribution in [-0.4, -0.2) is 4.98 Å². The molecule has 0 atom stereocenters. The van der Waals surface area contributed by atoms with Crippen molar-refractivity contribution in [3.63, 3.8) is 0 Å². The van der Waals surface area contributed by atoms with E-state index in [0.717, 1.165) is 60.7 Å². The van der Waals surface area contributed by atoms with Gasteiger partial charge in [0, 0.05) is 33.4 Å². The third-order valence-electron chi connectivity index (χ3n) is 8.86. The van der Waals surface area contributed by atoms with Crippen LogP contribution in [0.15, 0.2) is 174 Å². The molecule has 216 valence electrons. The summed E-state index contributed by atoms with van der Waals surface area (Å²) in [5.74, 6) is 0.630. The first-order valence-corrected chi connectivity index (χ1v) is 15.6. The van der Waals surface area contributed by atoms with E-state index >= 15 is 0 Å². The summed E-state index contributed by atoms with van der Waals surface area (Å²) in [4.78, 5) is 7.48. The molecule has 0 amide bonds. The smallest absolute Gasteiger partial charge is 0.227 e. The first-order valence-electron chi connectivity index (χ1n) is 15.6. The average molecular weight is 589 g/mol. The summed E-state index contributed by atoms with van der Waals surface area (Å²) in [6, 6.07) is 59.7. The number of rotatable bonds is 5. The van der Waals surface area contributed by atoms with Crippen LogP contribution in [0.4, 0.5) is 17.1 Å². The van der Waals surface area contributed by atoms with Crippen LogP contribution in [0.3, 0.4) is 0 Å². The molecule has 8 aromatic carbocycles.